The summed E-state index contributed by atoms with van der Waals surface area (Å²) in [6.07, 6.45) is 49.0. The monoisotopic (exact) mass is 752 g/mol. The van der Waals surface area contributed by atoms with Crippen molar-refractivity contribution in [2.45, 2.75) is 180 Å². The fourth-order valence-electron chi connectivity index (χ4n) is 5.56. The SMILES string of the molecule is CC/C=C/C=C/C=C/C=C/CCCCCCCC(=O)O[C@H](CO/C=C/CCCCCCCCCCCCCCCCCC)COP(=O)(O)OCCN. The van der Waals surface area contributed by atoms with Crippen LogP contribution in [0.5, 0.6) is 0 Å². The van der Waals surface area contributed by atoms with Gasteiger partial charge in [0.2, 0.25) is 0 Å². The Balaban J connectivity index is 4.13. The number of carbonyl (C=O) groups excluding carboxylic acids is 1. The van der Waals surface area contributed by atoms with Crippen molar-refractivity contribution < 1.29 is 32.8 Å². The first-order valence-electron chi connectivity index (χ1n) is 20.9. The smallest absolute Gasteiger partial charge is 0.472 e. The Morgan fingerprint density at radius 3 is 1.63 bits per heavy atom. The van der Waals surface area contributed by atoms with E-state index in [0.29, 0.717) is 0 Å². The lowest BCUT2D eigenvalue weighted by molar-refractivity contribution is -0.153. The molecule has 3 N–H and O–H groups in total. The molecule has 0 saturated heterocycles. The molecule has 0 rings (SSSR count). The molecule has 0 heterocycles. The number of hydrogen-bond acceptors (Lipinski definition) is 7. The van der Waals surface area contributed by atoms with Crippen LogP contribution in [0.3, 0.4) is 0 Å². The predicted octanol–water partition coefficient (Wildman–Crippen LogP) is 12.5. The lowest BCUT2D eigenvalue weighted by atomic mass is 10.0. The van der Waals surface area contributed by atoms with Crippen molar-refractivity contribution >= 4 is 13.8 Å². The van der Waals surface area contributed by atoms with E-state index < -0.39 is 13.9 Å². The van der Waals surface area contributed by atoms with Gasteiger partial charge >= 0.3 is 13.8 Å². The van der Waals surface area contributed by atoms with E-state index in [1.54, 1.807) is 6.26 Å². The van der Waals surface area contributed by atoms with Crippen molar-refractivity contribution in [3.63, 3.8) is 0 Å². The number of carbonyl (C=O) groups is 1. The Kier molecular flexibility index (Phi) is 38.7. The number of nitrogens with two attached hydrogens (primary N) is 1. The Labute approximate surface area is 319 Å². The van der Waals surface area contributed by atoms with Crippen LogP contribution >= 0.6 is 7.82 Å². The molecule has 0 fully saturated rings. The molecule has 0 saturated carbocycles. The van der Waals surface area contributed by atoms with E-state index in [-0.39, 0.29) is 38.8 Å². The number of phosphoric ester groups is 1. The van der Waals surface area contributed by atoms with E-state index in [1.807, 2.05) is 36.5 Å². The minimum Gasteiger partial charge on any atom is -0.498 e. The summed E-state index contributed by atoms with van der Waals surface area (Å²) in [4.78, 5) is 22.4. The second-order valence-electron chi connectivity index (χ2n) is 13.6. The maximum atomic E-state index is 12.5. The van der Waals surface area contributed by atoms with Crippen LogP contribution in [-0.2, 0) is 27.9 Å². The van der Waals surface area contributed by atoms with Gasteiger partial charge in [0, 0.05) is 13.0 Å². The fourth-order valence-corrected chi connectivity index (χ4v) is 6.33. The summed E-state index contributed by atoms with van der Waals surface area (Å²) in [6.45, 7) is 4.07. The molecule has 0 aliphatic heterocycles. The summed E-state index contributed by atoms with van der Waals surface area (Å²) in [5.74, 6) is -0.376. The molecule has 0 bridgehead atoms. The molecule has 0 radical (unpaired) electrons. The second-order valence-corrected chi connectivity index (χ2v) is 15.1. The van der Waals surface area contributed by atoms with Gasteiger partial charge in [0.15, 0.2) is 6.10 Å². The zero-order chi connectivity index (χ0) is 38.1. The zero-order valence-electron chi connectivity index (χ0n) is 33.3. The van der Waals surface area contributed by atoms with Gasteiger partial charge in [0.05, 0.1) is 19.5 Å². The van der Waals surface area contributed by atoms with Gasteiger partial charge in [-0.05, 0) is 44.6 Å². The first-order chi connectivity index (χ1) is 25.4. The molecule has 0 aromatic carbocycles. The first-order valence-corrected chi connectivity index (χ1v) is 22.4. The van der Waals surface area contributed by atoms with Gasteiger partial charge in [0.1, 0.15) is 6.61 Å². The average molecular weight is 752 g/mol. The summed E-state index contributed by atoms with van der Waals surface area (Å²) in [5.41, 5.74) is 5.36. The third-order valence-corrected chi connectivity index (χ3v) is 9.59. The maximum absolute atomic E-state index is 12.5. The first kappa shape index (κ1) is 50.0. The molecule has 1 unspecified atom stereocenters. The van der Waals surface area contributed by atoms with Crippen LogP contribution in [0.4, 0.5) is 0 Å². The van der Waals surface area contributed by atoms with Crippen LogP contribution in [0.25, 0.3) is 0 Å². The van der Waals surface area contributed by atoms with Gasteiger partial charge in [-0.2, -0.15) is 0 Å². The van der Waals surface area contributed by atoms with E-state index in [9.17, 15) is 14.3 Å². The standard InChI is InChI=1S/C43H78NO7P/c1-3-5-7-9-11-13-15-17-19-20-21-23-25-27-29-31-33-35-38-48-40-42(41-50-52(46,47)49-39-37-44)51-43(45)36-34-32-30-28-26-24-22-18-16-14-12-10-8-6-4-2/h6,8,10,12,14,16,18,22,35,38,42H,3-5,7,9,11,13,15,17,19-21,23-34,36-37,39-41,44H2,1-2H3,(H,46,47)/b8-6+,12-10+,16-14+,22-18+,38-35+/t42-/m1/s1. The van der Waals surface area contributed by atoms with Gasteiger partial charge in [-0.15, -0.1) is 0 Å². The second kappa shape index (κ2) is 40.2. The van der Waals surface area contributed by atoms with Crippen molar-refractivity contribution in [2.24, 2.45) is 5.73 Å². The van der Waals surface area contributed by atoms with Gasteiger partial charge in [0.25, 0.3) is 0 Å². The summed E-state index contributed by atoms with van der Waals surface area (Å²) in [6, 6.07) is 0. The van der Waals surface area contributed by atoms with E-state index in [4.69, 9.17) is 24.3 Å². The van der Waals surface area contributed by atoms with E-state index in [0.717, 1.165) is 57.8 Å². The van der Waals surface area contributed by atoms with Crippen molar-refractivity contribution in [3.05, 3.63) is 60.9 Å². The molecular formula is C43H78NO7P. The summed E-state index contributed by atoms with van der Waals surface area (Å²) >= 11 is 0. The zero-order valence-corrected chi connectivity index (χ0v) is 34.2. The van der Waals surface area contributed by atoms with Crippen LogP contribution in [0, 0.1) is 0 Å². The largest absolute Gasteiger partial charge is 0.498 e. The Bertz CT molecular complexity index is 979. The number of hydrogen-bond donors (Lipinski definition) is 2. The molecular weight excluding hydrogens is 673 g/mol. The molecule has 0 aliphatic rings. The van der Waals surface area contributed by atoms with Crippen molar-refractivity contribution in [2.75, 3.05) is 26.4 Å². The highest BCUT2D eigenvalue weighted by Gasteiger charge is 2.25. The highest BCUT2D eigenvalue weighted by molar-refractivity contribution is 7.47. The molecule has 0 spiro atoms. The van der Waals surface area contributed by atoms with Crippen molar-refractivity contribution in [1.82, 2.24) is 0 Å². The number of rotatable bonds is 39. The molecule has 0 aromatic rings. The topological polar surface area (TPSA) is 117 Å². The molecule has 9 heteroatoms. The number of phosphoric acid groups is 1. The molecule has 2 atom stereocenters. The third kappa shape index (κ3) is 39.3. The number of allylic oxidation sites excluding steroid dienone is 9. The fraction of sp³-hybridized carbons (Fsp3) is 0.744. The van der Waals surface area contributed by atoms with Crippen LogP contribution in [0.2, 0.25) is 0 Å². The summed E-state index contributed by atoms with van der Waals surface area (Å²) in [5, 5.41) is 0. The Morgan fingerprint density at radius 2 is 1.10 bits per heavy atom. The predicted molar refractivity (Wildman–Crippen MR) is 219 cm³/mol. The van der Waals surface area contributed by atoms with Crippen LogP contribution in [0.15, 0.2) is 60.9 Å². The van der Waals surface area contributed by atoms with Crippen LogP contribution in [0.1, 0.15) is 174 Å². The minimum absolute atomic E-state index is 0.0208. The molecule has 52 heavy (non-hydrogen) atoms. The molecule has 8 nitrogen and oxygen atoms in total. The van der Waals surface area contributed by atoms with Gasteiger partial charge in [-0.25, -0.2) is 4.57 Å². The highest BCUT2D eigenvalue weighted by Crippen LogP contribution is 2.43. The molecule has 0 amide bonds. The lowest BCUT2D eigenvalue weighted by Crippen LogP contribution is -2.27. The summed E-state index contributed by atoms with van der Waals surface area (Å²) in [7, 11) is -4.30. The third-order valence-electron chi connectivity index (χ3n) is 8.61. The van der Waals surface area contributed by atoms with E-state index >= 15 is 0 Å². The van der Waals surface area contributed by atoms with Gasteiger partial charge in [-0.3, -0.25) is 13.8 Å². The van der Waals surface area contributed by atoms with E-state index in [2.05, 4.69) is 32.1 Å². The number of unbranched alkanes of at least 4 members (excludes halogenated alkanes) is 21. The maximum Gasteiger partial charge on any atom is 0.472 e. The average Bonchev–Trinajstić information content (AvgIpc) is 3.13. The Morgan fingerprint density at radius 1 is 0.615 bits per heavy atom. The Hall–Kier alpha value is -1.96. The molecule has 0 aliphatic carbocycles. The normalized spacial score (nSPS) is 14.1. The van der Waals surface area contributed by atoms with Gasteiger partial charge in [-0.1, -0.05) is 178 Å². The lowest BCUT2D eigenvalue weighted by Gasteiger charge is -2.19. The number of esters is 1. The van der Waals surface area contributed by atoms with Crippen LogP contribution < -0.4 is 5.73 Å². The van der Waals surface area contributed by atoms with Crippen LogP contribution in [-0.4, -0.2) is 43.3 Å². The minimum atomic E-state index is -4.30. The van der Waals surface area contributed by atoms with E-state index in [1.165, 1.54) is 96.3 Å². The number of ether oxygens (including phenoxy) is 2. The van der Waals surface area contributed by atoms with Crippen molar-refractivity contribution in [3.8, 4) is 0 Å². The molecule has 302 valence electrons. The molecule has 0 aromatic heterocycles. The summed E-state index contributed by atoms with van der Waals surface area (Å²) < 4.78 is 33.1. The quantitative estimate of drug-likeness (QED) is 0.0210. The highest BCUT2D eigenvalue weighted by atomic mass is 31.2. The van der Waals surface area contributed by atoms with Gasteiger partial charge < -0.3 is 20.1 Å². The van der Waals surface area contributed by atoms with Crippen molar-refractivity contribution in [1.29, 1.82) is 0 Å².